The summed E-state index contributed by atoms with van der Waals surface area (Å²) in [4.78, 5) is 15.9. The number of aromatic nitrogens is 1. The zero-order valence-electron chi connectivity index (χ0n) is 11.6. The maximum absolute atomic E-state index is 11.9. The van der Waals surface area contributed by atoms with Crippen LogP contribution in [0.25, 0.3) is 0 Å². The molecule has 5 heteroatoms. The molecule has 4 N–H and O–H groups in total. The third-order valence-electron chi connectivity index (χ3n) is 2.80. The highest BCUT2D eigenvalue weighted by atomic mass is 16.2. The van der Waals surface area contributed by atoms with Gasteiger partial charge in [0.1, 0.15) is 0 Å². The number of urea groups is 1. The van der Waals surface area contributed by atoms with Crippen LogP contribution in [0.5, 0.6) is 0 Å². The maximum Gasteiger partial charge on any atom is 0.323 e. The Morgan fingerprint density at radius 2 is 1.95 bits per heavy atom. The van der Waals surface area contributed by atoms with Gasteiger partial charge in [0.2, 0.25) is 0 Å². The second kappa shape index (κ2) is 6.16. The van der Waals surface area contributed by atoms with E-state index < -0.39 is 0 Å². The number of carbonyl (C=O) groups excluding carboxylic acids is 1. The minimum Gasteiger partial charge on any atom is -0.324 e. The zero-order chi connectivity index (χ0) is 14.5. The molecule has 0 saturated heterocycles. The van der Waals surface area contributed by atoms with Crippen molar-refractivity contribution in [1.29, 1.82) is 0 Å². The summed E-state index contributed by atoms with van der Waals surface area (Å²) in [6.45, 7) is 3.82. The second-order valence-electron chi connectivity index (χ2n) is 4.74. The molecule has 1 unspecified atom stereocenters. The molecule has 0 aliphatic carbocycles. The van der Waals surface area contributed by atoms with E-state index in [1.54, 1.807) is 12.4 Å². The Balaban J connectivity index is 2.03. The largest absolute Gasteiger partial charge is 0.324 e. The molecular formula is C15H18N4O. The lowest BCUT2D eigenvalue weighted by atomic mass is 10.1. The van der Waals surface area contributed by atoms with Crippen LogP contribution >= 0.6 is 0 Å². The lowest BCUT2D eigenvalue weighted by Gasteiger charge is -2.10. The zero-order valence-corrected chi connectivity index (χ0v) is 11.6. The van der Waals surface area contributed by atoms with Gasteiger partial charge in [0.25, 0.3) is 0 Å². The molecule has 2 aromatic rings. The predicted molar refractivity (Wildman–Crippen MR) is 80.7 cm³/mol. The first-order valence-electron chi connectivity index (χ1n) is 6.40. The summed E-state index contributed by atoms with van der Waals surface area (Å²) in [5.41, 5.74) is 9.14. The Morgan fingerprint density at radius 1 is 1.20 bits per heavy atom. The minimum absolute atomic E-state index is 0.0687. The molecule has 0 aliphatic heterocycles. The molecule has 1 aromatic heterocycles. The van der Waals surface area contributed by atoms with Crippen molar-refractivity contribution in [2.75, 3.05) is 10.6 Å². The fourth-order valence-electron chi connectivity index (χ4n) is 1.82. The third-order valence-corrected chi connectivity index (χ3v) is 2.80. The van der Waals surface area contributed by atoms with E-state index in [4.69, 9.17) is 5.73 Å². The summed E-state index contributed by atoms with van der Waals surface area (Å²) in [7, 11) is 0. The fraction of sp³-hybridized carbons (Fsp3) is 0.200. The number of hydrogen-bond acceptors (Lipinski definition) is 3. The highest BCUT2D eigenvalue weighted by Gasteiger charge is 2.05. The Morgan fingerprint density at radius 3 is 2.65 bits per heavy atom. The summed E-state index contributed by atoms with van der Waals surface area (Å²) in [6, 6.07) is 8.95. The van der Waals surface area contributed by atoms with Crippen molar-refractivity contribution in [3.8, 4) is 0 Å². The van der Waals surface area contributed by atoms with Crippen molar-refractivity contribution in [3.05, 3.63) is 53.9 Å². The summed E-state index contributed by atoms with van der Waals surface area (Å²) in [5, 5.41) is 5.51. The molecule has 20 heavy (non-hydrogen) atoms. The third kappa shape index (κ3) is 3.80. The lowest BCUT2D eigenvalue weighted by Crippen LogP contribution is -2.19. The normalized spacial score (nSPS) is 11.8. The van der Waals surface area contributed by atoms with Gasteiger partial charge in [0.05, 0.1) is 11.9 Å². The van der Waals surface area contributed by atoms with Gasteiger partial charge in [0.15, 0.2) is 0 Å². The standard InChI is InChI=1S/C15H18N4O/c1-10-6-14(9-17-8-10)19-15(20)18-13-5-3-4-12(7-13)11(2)16/h3-9,11H,16H2,1-2H3,(H2,18,19,20). The number of rotatable bonds is 3. The van der Waals surface area contributed by atoms with Gasteiger partial charge in [-0.1, -0.05) is 12.1 Å². The van der Waals surface area contributed by atoms with E-state index in [0.717, 1.165) is 11.1 Å². The maximum atomic E-state index is 11.9. The molecule has 104 valence electrons. The Kier molecular flexibility index (Phi) is 4.32. The molecule has 1 heterocycles. The van der Waals surface area contributed by atoms with Crippen LogP contribution in [0.15, 0.2) is 42.7 Å². The van der Waals surface area contributed by atoms with E-state index in [0.29, 0.717) is 11.4 Å². The number of nitrogens with zero attached hydrogens (tertiary/aromatic N) is 1. The SMILES string of the molecule is Cc1cncc(NC(=O)Nc2cccc(C(C)N)c2)c1. The number of benzene rings is 1. The number of nitrogens with two attached hydrogens (primary N) is 1. The van der Waals surface area contributed by atoms with Crippen molar-refractivity contribution in [2.45, 2.75) is 19.9 Å². The summed E-state index contributed by atoms with van der Waals surface area (Å²) in [6.07, 6.45) is 3.33. The molecular weight excluding hydrogens is 252 g/mol. The predicted octanol–water partition coefficient (Wildman–Crippen LogP) is 3.05. The molecule has 0 radical (unpaired) electrons. The first-order chi connectivity index (χ1) is 9.54. The van der Waals surface area contributed by atoms with Crippen LogP contribution < -0.4 is 16.4 Å². The van der Waals surface area contributed by atoms with Crippen LogP contribution in [0.2, 0.25) is 0 Å². The van der Waals surface area contributed by atoms with Crippen LogP contribution in [-0.4, -0.2) is 11.0 Å². The number of amides is 2. The number of anilines is 2. The second-order valence-corrected chi connectivity index (χ2v) is 4.74. The Bertz CT molecular complexity index is 610. The van der Waals surface area contributed by atoms with Crippen LogP contribution in [0.4, 0.5) is 16.2 Å². The van der Waals surface area contributed by atoms with Crippen molar-refractivity contribution in [2.24, 2.45) is 5.73 Å². The monoisotopic (exact) mass is 270 g/mol. The quantitative estimate of drug-likeness (QED) is 0.802. The summed E-state index contributed by atoms with van der Waals surface area (Å²) in [5.74, 6) is 0. The minimum atomic E-state index is -0.306. The highest BCUT2D eigenvalue weighted by molar-refractivity contribution is 5.99. The number of pyridine rings is 1. The molecule has 2 rings (SSSR count). The smallest absolute Gasteiger partial charge is 0.323 e. The Hall–Kier alpha value is -2.40. The van der Waals surface area contributed by atoms with Crippen molar-refractivity contribution < 1.29 is 4.79 Å². The van der Waals surface area contributed by atoms with E-state index in [2.05, 4.69) is 15.6 Å². The average molecular weight is 270 g/mol. The Labute approximate surface area is 118 Å². The van der Waals surface area contributed by atoms with Crippen LogP contribution in [-0.2, 0) is 0 Å². The van der Waals surface area contributed by atoms with Crippen molar-refractivity contribution in [3.63, 3.8) is 0 Å². The van der Waals surface area contributed by atoms with Gasteiger partial charge in [-0.2, -0.15) is 0 Å². The van der Waals surface area contributed by atoms with E-state index >= 15 is 0 Å². The van der Waals surface area contributed by atoms with E-state index in [9.17, 15) is 4.79 Å². The summed E-state index contributed by atoms with van der Waals surface area (Å²) < 4.78 is 0. The van der Waals surface area contributed by atoms with Crippen LogP contribution in [0.1, 0.15) is 24.1 Å². The highest BCUT2D eigenvalue weighted by Crippen LogP contribution is 2.16. The molecule has 0 aliphatic rings. The van der Waals surface area contributed by atoms with Crippen molar-refractivity contribution in [1.82, 2.24) is 4.98 Å². The molecule has 5 nitrogen and oxygen atoms in total. The van der Waals surface area contributed by atoms with E-state index in [1.807, 2.05) is 44.2 Å². The number of nitrogens with one attached hydrogen (secondary N) is 2. The number of aryl methyl sites for hydroxylation is 1. The number of carbonyl (C=O) groups is 1. The lowest BCUT2D eigenvalue weighted by molar-refractivity contribution is 0.262. The topological polar surface area (TPSA) is 80.0 Å². The fourth-order valence-corrected chi connectivity index (χ4v) is 1.82. The molecule has 0 bridgehead atoms. The van der Waals surface area contributed by atoms with Crippen LogP contribution in [0.3, 0.4) is 0 Å². The number of hydrogen-bond donors (Lipinski definition) is 3. The van der Waals surface area contributed by atoms with E-state index in [-0.39, 0.29) is 12.1 Å². The van der Waals surface area contributed by atoms with Gasteiger partial charge in [-0.25, -0.2) is 4.79 Å². The summed E-state index contributed by atoms with van der Waals surface area (Å²) >= 11 is 0. The molecule has 1 aromatic carbocycles. The van der Waals surface area contributed by atoms with E-state index in [1.165, 1.54) is 0 Å². The molecule has 1 atom stereocenters. The molecule has 0 saturated carbocycles. The van der Waals surface area contributed by atoms with Gasteiger partial charge in [-0.15, -0.1) is 0 Å². The average Bonchev–Trinajstić information content (AvgIpc) is 2.38. The van der Waals surface area contributed by atoms with Crippen LogP contribution in [0, 0.1) is 6.92 Å². The van der Waals surface area contributed by atoms with Gasteiger partial charge in [-0.05, 0) is 43.2 Å². The van der Waals surface area contributed by atoms with Gasteiger partial charge >= 0.3 is 6.03 Å². The first-order valence-corrected chi connectivity index (χ1v) is 6.40. The molecule has 2 amide bonds. The first kappa shape index (κ1) is 14.0. The van der Waals surface area contributed by atoms with Gasteiger partial charge in [-0.3, -0.25) is 4.98 Å². The van der Waals surface area contributed by atoms with Crippen molar-refractivity contribution >= 4 is 17.4 Å². The molecule has 0 fully saturated rings. The van der Waals surface area contributed by atoms with Gasteiger partial charge in [0, 0.05) is 17.9 Å². The van der Waals surface area contributed by atoms with Gasteiger partial charge < -0.3 is 16.4 Å². The molecule has 0 spiro atoms.